The molecule has 0 amide bonds. The van der Waals surface area contributed by atoms with Gasteiger partial charge in [-0.2, -0.15) is 0 Å². The molecule has 13 heavy (non-hydrogen) atoms. The molecular weight excluding hydrogens is 172 g/mol. The molecule has 0 radical (unpaired) electrons. The highest BCUT2D eigenvalue weighted by Crippen LogP contribution is 2.08. The molecule has 0 spiro atoms. The molecule has 1 rings (SSSR count). The van der Waals surface area contributed by atoms with Crippen LogP contribution >= 0.6 is 0 Å². The fourth-order valence-corrected chi connectivity index (χ4v) is 1.38. The molecule has 1 fully saturated rings. The zero-order valence-corrected chi connectivity index (χ0v) is 7.82. The molecule has 1 heterocycles. The van der Waals surface area contributed by atoms with E-state index in [0.717, 1.165) is 13.1 Å². The molecule has 0 aliphatic carbocycles. The standard InChI is InChI=1S/C8H16N2O3/c1-9-10-4-5-13-7(6-10)2-3-8(11)12/h7,9H,2-6H2,1H3,(H,11,12)/t7-/m0/s1. The van der Waals surface area contributed by atoms with E-state index in [1.807, 2.05) is 12.1 Å². The largest absolute Gasteiger partial charge is 0.481 e. The zero-order chi connectivity index (χ0) is 9.68. The van der Waals surface area contributed by atoms with E-state index in [0.29, 0.717) is 13.0 Å². The van der Waals surface area contributed by atoms with Gasteiger partial charge in [-0.25, -0.2) is 5.01 Å². The number of carboxylic acids is 1. The molecule has 5 nitrogen and oxygen atoms in total. The third-order valence-electron chi connectivity index (χ3n) is 2.14. The predicted molar refractivity (Wildman–Crippen MR) is 47.2 cm³/mol. The van der Waals surface area contributed by atoms with Gasteiger partial charge in [-0.3, -0.25) is 10.2 Å². The fraction of sp³-hybridized carbons (Fsp3) is 0.875. The second-order valence-corrected chi connectivity index (χ2v) is 3.09. The van der Waals surface area contributed by atoms with Crippen molar-refractivity contribution < 1.29 is 14.6 Å². The van der Waals surface area contributed by atoms with Crippen LogP contribution in [0.3, 0.4) is 0 Å². The number of aliphatic carboxylic acids is 1. The summed E-state index contributed by atoms with van der Waals surface area (Å²) in [7, 11) is 1.86. The molecule has 0 aromatic heterocycles. The lowest BCUT2D eigenvalue weighted by Crippen LogP contribution is -2.48. The van der Waals surface area contributed by atoms with Crippen molar-refractivity contribution in [1.82, 2.24) is 10.4 Å². The summed E-state index contributed by atoms with van der Waals surface area (Å²) >= 11 is 0. The van der Waals surface area contributed by atoms with Gasteiger partial charge in [0.1, 0.15) is 0 Å². The van der Waals surface area contributed by atoms with E-state index in [4.69, 9.17) is 9.84 Å². The average molecular weight is 188 g/mol. The Balaban J connectivity index is 2.21. The number of hydrazine groups is 1. The number of carboxylic acid groups (broad SMARTS) is 1. The molecule has 0 aromatic carbocycles. The molecule has 1 atom stereocenters. The summed E-state index contributed by atoms with van der Waals surface area (Å²) in [5.41, 5.74) is 3.03. The summed E-state index contributed by atoms with van der Waals surface area (Å²) in [5, 5.41) is 10.5. The van der Waals surface area contributed by atoms with Gasteiger partial charge in [0.2, 0.25) is 0 Å². The molecule has 76 valence electrons. The van der Waals surface area contributed by atoms with Crippen LogP contribution < -0.4 is 5.43 Å². The first kappa shape index (κ1) is 10.4. The fourth-order valence-electron chi connectivity index (χ4n) is 1.38. The first-order valence-corrected chi connectivity index (χ1v) is 4.48. The number of carbonyl (C=O) groups is 1. The number of nitrogens with one attached hydrogen (secondary N) is 1. The van der Waals surface area contributed by atoms with Crippen molar-refractivity contribution >= 4 is 5.97 Å². The Labute approximate surface area is 77.6 Å². The second kappa shape index (κ2) is 5.16. The van der Waals surface area contributed by atoms with Crippen molar-refractivity contribution in [3.05, 3.63) is 0 Å². The second-order valence-electron chi connectivity index (χ2n) is 3.09. The smallest absolute Gasteiger partial charge is 0.303 e. The third-order valence-corrected chi connectivity index (χ3v) is 2.14. The van der Waals surface area contributed by atoms with Crippen LogP contribution in [0.25, 0.3) is 0 Å². The average Bonchev–Trinajstić information content (AvgIpc) is 2.15. The zero-order valence-electron chi connectivity index (χ0n) is 7.82. The van der Waals surface area contributed by atoms with Crippen molar-refractivity contribution in [3.63, 3.8) is 0 Å². The SMILES string of the molecule is CNN1CCO[C@@H](CCC(=O)O)C1. The lowest BCUT2D eigenvalue weighted by Gasteiger charge is -2.31. The van der Waals surface area contributed by atoms with Gasteiger partial charge >= 0.3 is 5.97 Å². The van der Waals surface area contributed by atoms with Gasteiger partial charge in [0.05, 0.1) is 12.7 Å². The summed E-state index contributed by atoms with van der Waals surface area (Å²) < 4.78 is 5.42. The maximum Gasteiger partial charge on any atom is 0.303 e. The lowest BCUT2D eigenvalue weighted by atomic mass is 10.2. The monoisotopic (exact) mass is 188 g/mol. The molecule has 0 aromatic rings. The van der Waals surface area contributed by atoms with Gasteiger partial charge < -0.3 is 9.84 Å². The number of ether oxygens (including phenoxy) is 1. The van der Waals surface area contributed by atoms with Crippen molar-refractivity contribution in [2.75, 3.05) is 26.7 Å². The Kier molecular flexibility index (Phi) is 4.14. The summed E-state index contributed by atoms with van der Waals surface area (Å²) in [4.78, 5) is 10.3. The number of hydrogen-bond donors (Lipinski definition) is 2. The highest BCUT2D eigenvalue weighted by atomic mass is 16.5. The van der Waals surface area contributed by atoms with E-state index in [2.05, 4.69) is 5.43 Å². The van der Waals surface area contributed by atoms with Crippen molar-refractivity contribution in [1.29, 1.82) is 0 Å². The Hall–Kier alpha value is -0.650. The maximum absolute atomic E-state index is 10.3. The molecule has 1 saturated heterocycles. The summed E-state index contributed by atoms with van der Waals surface area (Å²) in [5.74, 6) is -0.759. The van der Waals surface area contributed by atoms with Crippen LogP contribution in [-0.4, -0.2) is 48.9 Å². The summed E-state index contributed by atoms with van der Waals surface area (Å²) in [6.07, 6.45) is 0.827. The summed E-state index contributed by atoms with van der Waals surface area (Å²) in [6, 6.07) is 0. The van der Waals surface area contributed by atoms with E-state index in [-0.39, 0.29) is 12.5 Å². The Morgan fingerprint density at radius 1 is 1.77 bits per heavy atom. The molecule has 5 heteroatoms. The molecule has 0 bridgehead atoms. The van der Waals surface area contributed by atoms with E-state index < -0.39 is 5.97 Å². The van der Waals surface area contributed by atoms with Gasteiger partial charge in [0.15, 0.2) is 0 Å². The highest BCUT2D eigenvalue weighted by Gasteiger charge is 2.19. The first-order chi connectivity index (χ1) is 6.22. The van der Waals surface area contributed by atoms with Crippen molar-refractivity contribution in [3.8, 4) is 0 Å². The molecule has 1 aliphatic rings. The van der Waals surface area contributed by atoms with Gasteiger partial charge in [-0.1, -0.05) is 0 Å². The normalized spacial score (nSPS) is 24.5. The Morgan fingerprint density at radius 3 is 3.15 bits per heavy atom. The number of morpholine rings is 1. The van der Waals surface area contributed by atoms with Crippen LogP contribution in [0.15, 0.2) is 0 Å². The minimum absolute atomic E-state index is 0.0531. The van der Waals surface area contributed by atoms with Crippen LogP contribution in [0, 0.1) is 0 Å². The molecular formula is C8H16N2O3. The van der Waals surface area contributed by atoms with Crippen LogP contribution in [0.5, 0.6) is 0 Å². The molecule has 0 unspecified atom stereocenters. The van der Waals surface area contributed by atoms with Gasteiger partial charge in [-0.05, 0) is 13.5 Å². The topological polar surface area (TPSA) is 61.8 Å². The van der Waals surface area contributed by atoms with Crippen molar-refractivity contribution in [2.24, 2.45) is 0 Å². The number of hydrogen-bond acceptors (Lipinski definition) is 4. The highest BCUT2D eigenvalue weighted by molar-refractivity contribution is 5.66. The molecule has 2 N–H and O–H groups in total. The molecule has 1 aliphatic heterocycles. The summed E-state index contributed by atoms with van der Waals surface area (Å²) in [6.45, 7) is 2.30. The van der Waals surface area contributed by atoms with Gasteiger partial charge in [0, 0.05) is 19.5 Å². The first-order valence-electron chi connectivity index (χ1n) is 4.48. The lowest BCUT2D eigenvalue weighted by molar-refractivity contribution is -0.138. The predicted octanol–water partition coefficient (Wildman–Crippen LogP) is -0.314. The molecule has 0 saturated carbocycles. The van der Waals surface area contributed by atoms with E-state index >= 15 is 0 Å². The van der Waals surface area contributed by atoms with Crippen LogP contribution in [0.2, 0.25) is 0 Å². The maximum atomic E-state index is 10.3. The quantitative estimate of drug-likeness (QED) is 0.633. The van der Waals surface area contributed by atoms with Gasteiger partial charge in [-0.15, -0.1) is 0 Å². The van der Waals surface area contributed by atoms with Crippen LogP contribution in [0.4, 0.5) is 0 Å². The van der Waals surface area contributed by atoms with Crippen LogP contribution in [-0.2, 0) is 9.53 Å². The Bertz CT molecular complexity index is 175. The minimum atomic E-state index is -0.759. The minimum Gasteiger partial charge on any atom is -0.481 e. The van der Waals surface area contributed by atoms with E-state index in [9.17, 15) is 4.79 Å². The third kappa shape index (κ3) is 3.71. The van der Waals surface area contributed by atoms with Gasteiger partial charge in [0.25, 0.3) is 0 Å². The van der Waals surface area contributed by atoms with Crippen molar-refractivity contribution in [2.45, 2.75) is 18.9 Å². The van der Waals surface area contributed by atoms with Crippen LogP contribution in [0.1, 0.15) is 12.8 Å². The number of nitrogens with zero attached hydrogens (tertiary/aromatic N) is 1. The Morgan fingerprint density at radius 2 is 2.54 bits per heavy atom. The number of rotatable bonds is 4. The van der Waals surface area contributed by atoms with E-state index in [1.165, 1.54) is 0 Å². The van der Waals surface area contributed by atoms with E-state index in [1.54, 1.807) is 0 Å².